The quantitative estimate of drug-likeness (QED) is 0.421. The Kier molecular flexibility index (Phi) is 4.68. The smallest absolute Gasteiger partial charge is 0.347 e. The second-order valence-electron chi connectivity index (χ2n) is 4.52. The molecule has 5 heteroatoms. The maximum atomic E-state index is 11.8. The van der Waals surface area contributed by atoms with Crippen molar-refractivity contribution in [2.45, 2.75) is 45.4 Å². The lowest BCUT2D eigenvalue weighted by Gasteiger charge is -2.30. The molecule has 1 unspecified atom stereocenters. The molecule has 1 atom stereocenters. The maximum Gasteiger partial charge on any atom is 0.347 e. The lowest BCUT2D eigenvalue weighted by Crippen LogP contribution is -2.62. The summed E-state index contributed by atoms with van der Waals surface area (Å²) in [7, 11) is 0. The van der Waals surface area contributed by atoms with Gasteiger partial charge in [-0.15, -0.1) is 0 Å². The summed E-state index contributed by atoms with van der Waals surface area (Å²) in [6.07, 6.45) is 1.29. The molecule has 0 aromatic carbocycles. The Morgan fingerprint density at radius 2 is 1.94 bits per heavy atom. The predicted octanol–water partition coefficient (Wildman–Crippen LogP) is 0.695. The monoisotopic (exact) mass is 228 g/mol. The highest BCUT2D eigenvalue weighted by atomic mass is 16.6. The first kappa shape index (κ1) is 14.6. The van der Waals surface area contributed by atoms with Gasteiger partial charge in [-0.05, 0) is 33.3 Å². The normalized spacial score (nSPS) is 14.8. The van der Waals surface area contributed by atoms with Crippen LogP contribution in [0, 0.1) is 0 Å². The summed E-state index contributed by atoms with van der Waals surface area (Å²) >= 11 is 0. The number of hydrogen-bond acceptors (Lipinski definition) is 4. The van der Waals surface area contributed by atoms with Crippen LogP contribution in [0.1, 0.15) is 34.1 Å². The first-order chi connectivity index (χ1) is 7.14. The van der Waals surface area contributed by atoms with Gasteiger partial charge in [0.2, 0.25) is 5.91 Å². The van der Waals surface area contributed by atoms with Crippen molar-refractivity contribution in [3.63, 3.8) is 0 Å². The Hall–Kier alpha value is -1.36. The minimum absolute atomic E-state index is 0.238. The molecule has 0 fully saturated rings. The van der Waals surface area contributed by atoms with Crippen LogP contribution in [0.2, 0.25) is 0 Å². The number of hydrogen-bond donors (Lipinski definition) is 2. The third-order valence-electron chi connectivity index (χ3n) is 1.85. The topological polar surface area (TPSA) is 81.4 Å². The molecule has 0 saturated heterocycles. The Morgan fingerprint density at radius 1 is 1.44 bits per heavy atom. The van der Waals surface area contributed by atoms with Crippen LogP contribution < -0.4 is 11.1 Å². The highest BCUT2D eigenvalue weighted by Crippen LogP contribution is 2.13. The van der Waals surface area contributed by atoms with E-state index < -0.39 is 23.1 Å². The summed E-state index contributed by atoms with van der Waals surface area (Å²) < 4.78 is 5.13. The molecule has 0 rings (SSSR count). The van der Waals surface area contributed by atoms with Crippen molar-refractivity contribution in [1.29, 1.82) is 0 Å². The van der Waals surface area contributed by atoms with E-state index >= 15 is 0 Å². The van der Waals surface area contributed by atoms with E-state index in [0.29, 0.717) is 0 Å². The fraction of sp³-hybridized carbons (Fsp3) is 0.636. The van der Waals surface area contributed by atoms with Crippen molar-refractivity contribution in [1.82, 2.24) is 5.32 Å². The molecule has 0 bridgehead atoms. The summed E-state index contributed by atoms with van der Waals surface area (Å²) in [5.74, 6) is -1.16. The molecule has 0 heterocycles. The molecular weight excluding hydrogens is 208 g/mol. The molecule has 0 saturated carbocycles. The molecule has 1 amide bonds. The van der Waals surface area contributed by atoms with Gasteiger partial charge in [0.05, 0.1) is 0 Å². The van der Waals surface area contributed by atoms with E-state index in [0.717, 1.165) is 6.08 Å². The van der Waals surface area contributed by atoms with Gasteiger partial charge < -0.3 is 10.1 Å². The molecule has 0 aliphatic carbocycles. The molecule has 0 aromatic rings. The summed E-state index contributed by atoms with van der Waals surface area (Å²) in [5.41, 5.74) is 3.63. The second kappa shape index (κ2) is 5.12. The second-order valence-corrected chi connectivity index (χ2v) is 4.52. The zero-order valence-corrected chi connectivity index (χ0v) is 10.3. The van der Waals surface area contributed by atoms with Crippen LogP contribution in [0.25, 0.3) is 0 Å². The number of esters is 1. The standard InChI is InChI=1S/C11H20N2O3/c1-6-8(14)13-11(12,7-2)9(15)16-10(3,4)5/h6H,1,7,12H2,2-5H3,(H,13,14). The number of nitrogens with one attached hydrogen (secondary N) is 1. The number of ether oxygens (including phenoxy) is 1. The number of amides is 1. The van der Waals surface area contributed by atoms with Gasteiger partial charge >= 0.3 is 5.97 Å². The maximum absolute atomic E-state index is 11.8. The van der Waals surface area contributed by atoms with Gasteiger partial charge in [-0.1, -0.05) is 13.5 Å². The molecule has 16 heavy (non-hydrogen) atoms. The van der Waals surface area contributed by atoms with Crippen molar-refractivity contribution in [2.75, 3.05) is 0 Å². The van der Waals surface area contributed by atoms with Crippen LogP contribution in [-0.2, 0) is 14.3 Å². The fourth-order valence-corrected chi connectivity index (χ4v) is 0.924. The average Bonchev–Trinajstić information content (AvgIpc) is 2.14. The number of carbonyl (C=O) groups is 2. The molecule has 92 valence electrons. The first-order valence-electron chi connectivity index (χ1n) is 5.11. The SMILES string of the molecule is C=CC(=O)NC(N)(CC)C(=O)OC(C)(C)C. The van der Waals surface area contributed by atoms with Gasteiger partial charge in [-0.2, -0.15) is 0 Å². The highest BCUT2D eigenvalue weighted by Gasteiger charge is 2.37. The van der Waals surface area contributed by atoms with Gasteiger partial charge in [-0.25, -0.2) is 4.79 Å². The Labute approximate surface area is 96.0 Å². The molecule has 0 radical (unpaired) electrons. The zero-order chi connectivity index (χ0) is 13.0. The van der Waals surface area contributed by atoms with Crippen LogP contribution in [0.3, 0.4) is 0 Å². The number of nitrogens with two attached hydrogens (primary N) is 1. The third-order valence-corrected chi connectivity index (χ3v) is 1.85. The first-order valence-corrected chi connectivity index (χ1v) is 5.11. The Balaban J connectivity index is 4.75. The van der Waals surface area contributed by atoms with E-state index in [4.69, 9.17) is 10.5 Å². The molecule has 0 aliphatic heterocycles. The summed E-state index contributed by atoms with van der Waals surface area (Å²) in [6.45, 7) is 10.2. The van der Waals surface area contributed by atoms with Crippen molar-refractivity contribution in [3.8, 4) is 0 Å². The van der Waals surface area contributed by atoms with Gasteiger partial charge in [-0.3, -0.25) is 10.5 Å². The summed E-state index contributed by atoms with van der Waals surface area (Å²) in [6, 6.07) is 0. The van der Waals surface area contributed by atoms with E-state index in [9.17, 15) is 9.59 Å². The lowest BCUT2D eigenvalue weighted by molar-refractivity contribution is -0.164. The zero-order valence-electron chi connectivity index (χ0n) is 10.3. The summed E-state index contributed by atoms with van der Waals surface area (Å²) in [4.78, 5) is 22.9. The molecule has 0 aliphatic rings. The highest BCUT2D eigenvalue weighted by molar-refractivity contribution is 5.92. The average molecular weight is 228 g/mol. The third kappa shape index (κ3) is 4.44. The van der Waals surface area contributed by atoms with Crippen LogP contribution in [0.15, 0.2) is 12.7 Å². The molecule has 0 spiro atoms. The van der Waals surface area contributed by atoms with Gasteiger partial charge in [0.25, 0.3) is 0 Å². The van der Waals surface area contributed by atoms with Crippen LogP contribution in [0.5, 0.6) is 0 Å². The fourth-order valence-electron chi connectivity index (χ4n) is 0.924. The van der Waals surface area contributed by atoms with E-state index in [1.807, 2.05) is 0 Å². The van der Waals surface area contributed by atoms with Crippen LogP contribution in [-0.4, -0.2) is 23.1 Å². The minimum Gasteiger partial charge on any atom is -0.457 e. The molecule has 0 aromatic heterocycles. The largest absolute Gasteiger partial charge is 0.457 e. The van der Waals surface area contributed by atoms with Gasteiger partial charge in [0.1, 0.15) is 5.60 Å². The minimum atomic E-state index is -1.50. The number of rotatable bonds is 4. The van der Waals surface area contributed by atoms with Crippen molar-refractivity contribution in [3.05, 3.63) is 12.7 Å². The van der Waals surface area contributed by atoms with E-state index in [1.165, 1.54) is 0 Å². The Bertz CT molecular complexity index is 294. The lowest BCUT2D eigenvalue weighted by atomic mass is 10.1. The molecule has 5 nitrogen and oxygen atoms in total. The van der Waals surface area contributed by atoms with E-state index in [-0.39, 0.29) is 6.42 Å². The van der Waals surface area contributed by atoms with Gasteiger partial charge in [0, 0.05) is 0 Å². The van der Waals surface area contributed by atoms with Crippen LogP contribution in [0.4, 0.5) is 0 Å². The number of carbonyl (C=O) groups excluding carboxylic acids is 2. The summed E-state index contributed by atoms with van der Waals surface area (Å²) in [5, 5.41) is 2.36. The Morgan fingerprint density at radius 3 is 2.25 bits per heavy atom. The predicted molar refractivity (Wildman–Crippen MR) is 61.4 cm³/mol. The van der Waals surface area contributed by atoms with Crippen LogP contribution >= 0.6 is 0 Å². The molecule has 3 N–H and O–H groups in total. The van der Waals surface area contributed by atoms with Gasteiger partial charge in [0.15, 0.2) is 5.66 Å². The van der Waals surface area contributed by atoms with E-state index in [2.05, 4.69) is 11.9 Å². The van der Waals surface area contributed by atoms with Crippen molar-refractivity contribution < 1.29 is 14.3 Å². The molecular formula is C11H20N2O3. The van der Waals surface area contributed by atoms with E-state index in [1.54, 1.807) is 27.7 Å². The van der Waals surface area contributed by atoms with Crippen molar-refractivity contribution >= 4 is 11.9 Å². The van der Waals surface area contributed by atoms with Crippen molar-refractivity contribution in [2.24, 2.45) is 5.73 Å².